The molecule has 0 bridgehead atoms. The summed E-state index contributed by atoms with van der Waals surface area (Å²) in [5.41, 5.74) is 3.16. The van der Waals surface area contributed by atoms with Crippen LogP contribution in [0.1, 0.15) is 43.0 Å². The largest absolute Gasteiger partial charge is 0.498 e. The number of benzene rings is 3. The molecule has 0 radical (unpaired) electrons. The molecule has 37 heavy (non-hydrogen) atoms. The number of piperidine rings is 1. The molecule has 3 atom stereocenters. The predicted molar refractivity (Wildman–Crippen MR) is 159 cm³/mol. The fraction of sp³-hybridized carbons (Fsp3) is 0.286. The van der Waals surface area contributed by atoms with Crippen LogP contribution in [0.25, 0.3) is 0 Å². The van der Waals surface area contributed by atoms with Crippen LogP contribution in [0.3, 0.4) is 0 Å². The Morgan fingerprint density at radius 1 is 0.946 bits per heavy atom. The van der Waals surface area contributed by atoms with Crippen molar-refractivity contribution in [1.82, 2.24) is 8.61 Å². The summed E-state index contributed by atoms with van der Waals surface area (Å²) in [4.78, 5) is 0.210. The molecule has 1 saturated heterocycles. The van der Waals surface area contributed by atoms with E-state index in [0.29, 0.717) is 31.0 Å². The lowest BCUT2D eigenvalue weighted by Gasteiger charge is -2.49. The molecular weight excluding hydrogens is 639 g/mol. The number of fused-ring (bicyclic) bond motifs is 1. The third kappa shape index (κ3) is 5.46. The van der Waals surface area contributed by atoms with E-state index in [1.165, 1.54) is 5.56 Å². The summed E-state index contributed by atoms with van der Waals surface area (Å²) < 4.78 is 39.1. The zero-order valence-electron chi connectivity index (χ0n) is 20.3. The first-order valence-electron chi connectivity index (χ1n) is 12.2. The summed E-state index contributed by atoms with van der Waals surface area (Å²) in [5, 5.41) is 0.401. The van der Waals surface area contributed by atoms with Crippen molar-refractivity contribution in [2.24, 2.45) is 0 Å². The van der Waals surface area contributed by atoms with Gasteiger partial charge in [-0.25, -0.2) is 12.7 Å². The highest BCUT2D eigenvalue weighted by Crippen LogP contribution is 2.50. The van der Waals surface area contributed by atoms with Gasteiger partial charge in [0.2, 0.25) is 10.0 Å². The van der Waals surface area contributed by atoms with Crippen molar-refractivity contribution in [1.29, 1.82) is 0 Å². The van der Waals surface area contributed by atoms with Crippen LogP contribution in [0.15, 0.2) is 101 Å². The van der Waals surface area contributed by atoms with Crippen LogP contribution in [0.4, 0.5) is 0 Å². The quantitative estimate of drug-likeness (QED) is 0.192. The molecule has 5 rings (SSSR count). The maximum absolute atomic E-state index is 14.4. The molecule has 0 spiro atoms. The van der Waals surface area contributed by atoms with Crippen LogP contribution in [0.5, 0.6) is 0 Å². The molecule has 0 aromatic heterocycles. The lowest BCUT2D eigenvalue weighted by molar-refractivity contribution is 0.121. The molecule has 2 aliphatic heterocycles. The fourth-order valence-electron chi connectivity index (χ4n) is 5.40. The molecule has 0 aliphatic carbocycles. The second-order valence-electron chi connectivity index (χ2n) is 9.13. The number of ether oxygens (including phenoxy) is 1. The van der Waals surface area contributed by atoms with Crippen molar-refractivity contribution >= 4 is 51.9 Å². The summed E-state index contributed by atoms with van der Waals surface area (Å²) >= 11 is 8.58. The van der Waals surface area contributed by atoms with Crippen molar-refractivity contribution in [2.75, 3.05) is 13.2 Å². The van der Waals surface area contributed by atoms with Crippen molar-refractivity contribution in [3.63, 3.8) is 0 Å². The van der Waals surface area contributed by atoms with Gasteiger partial charge in [0.15, 0.2) is 0 Å². The zero-order valence-corrected chi connectivity index (χ0v) is 24.9. The van der Waals surface area contributed by atoms with Gasteiger partial charge in [0.25, 0.3) is 0 Å². The van der Waals surface area contributed by atoms with Gasteiger partial charge in [-0.3, -0.25) is 0 Å². The fourth-order valence-corrected chi connectivity index (χ4v) is 9.24. The van der Waals surface area contributed by atoms with Crippen molar-refractivity contribution in [2.45, 2.75) is 42.8 Å². The Bertz CT molecular complexity index is 1370. The highest BCUT2D eigenvalue weighted by Gasteiger charge is 2.49. The van der Waals surface area contributed by atoms with Crippen LogP contribution in [0, 0.1) is 0 Å². The first kappa shape index (κ1) is 27.0. The summed E-state index contributed by atoms with van der Waals surface area (Å²) in [6.45, 7) is 3.14. The highest BCUT2D eigenvalue weighted by molar-refractivity contribution is 14.2. The summed E-state index contributed by atoms with van der Waals surface area (Å²) in [5.74, 6) is 0.904. The predicted octanol–water partition coefficient (Wildman–Crippen LogP) is 7.58. The van der Waals surface area contributed by atoms with Gasteiger partial charge in [-0.1, -0.05) is 78.3 Å². The summed E-state index contributed by atoms with van der Waals surface area (Å²) in [6.07, 6.45) is 1.11. The molecule has 5 nitrogen and oxygen atoms in total. The molecule has 2 heterocycles. The average Bonchev–Trinajstić information content (AvgIpc) is 2.93. The Morgan fingerprint density at radius 3 is 2.19 bits per heavy atom. The normalized spacial score (nSPS) is 23.1. The van der Waals surface area contributed by atoms with Gasteiger partial charge in [-0.2, -0.15) is 4.31 Å². The standard InChI is InChI=1S/C28H28ClIN2O3S2/c1-2-35-28-18-26(21-12-7-4-8-13-21)32(37(33,34)23-15-9-14-22(29)16-23)27-17-25(20-10-5-3-6-11-20)31(36-30)19-24(27)28/h3-16,25-27H,2,17-19H2,1H3/t25-,26-,27-/m0/s1. The summed E-state index contributed by atoms with van der Waals surface area (Å²) in [7, 11) is -2.23. The zero-order chi connectivity index (χ0) is 26.0. The highest BCUT2D eigenvalue weighted by atomic mass is 127. The molecule has 194 valence electrons. The third-order valence-electron chi connectivity index (χ3n) is 7.02. The van der Waals surface area contributed by atoms with E-state index in [4.69, 9.17) is 16.3 Å². The van der Waals surface area contributed by atoms with E-state index in [9.17, 15) is 8.42 Å². The molecule has 3 aromatic rings. The summed E-state index contributed by atoms with van der Waals surface area (Å²) in [6, 6.07) is 26.1. The molecule has 3 aromatic carbocycles. The van der Waals surface area contributed by atoms with Crippen molar-refractivity contribution < 1.29 is 13.2 Å². The van der Waals surface area contributed by atoms with Gasteiger partial charge < -0.3 is 4.74 Å². The Morgan fingerprint density at radius 2 is 1.59 bits per heavy atom. The molecule has 0 N–H and O–H groups in total. The number of nitrogens with zero attached hydrogens (tertiary/aromatic N) is 2. The lowest BCUT2D eigenvalue weighted by Crippen LogP contribution is -2.52. The number of hydrogen-bond acceptors (Lipinski definition) is 5. The molecular formula is C28H28ClIN2O3S2. The van der Waals surface area contributed by atoms with Crippen LogP contribution in [-0.4, -0.2) is 36.2 Å². The number of halogens is 2. The van der Waals surface area contributed by atoms with Gasteiger partial charge in [0, 0.05) is 50.8 Å². The molecule has 0 unspecified atom stereocenters. The second kappa shape index (κ2) is 11.7. The van der Waals surface area contributed by atoms with Crippen LogP contribution < -0.4 is 0 Å². The van der Waals surface area contributed by atoms with Crippen LogP contribution in [0.2, 0.25) is 5.02 Å². The Hall–Kier alpha value is -1.56. The number of sulfonamides is 1. The number of rotatable bonds is 7. The monoisotopic (exact) mass is 666 g/mol. The second-order valence-corrected chi connectivity index (χ2v) is 13.2. The van der Waals surface area contributed by atoms with E-state index in [1.807, 2.05) is 55.5 Å². The Kier molecular flexibility index (Phi) is 8.53. The number of hydrogen-bond donors (Lipinski definition) is 0. The first-order valence-corrected chi connectivity index (χ1v) is 17.4. The SMILES string of the molecule is CCOC1=C2CN(SI)[C@H](c3ccccc3)C[C@@H]2N(S(=O)(=O)c2cccc(Cl)c2)[C@H](c2ccccc2)C1. The average molecular weight is 667 g/mol. The van der Waals surface area contributed by atoms with E-state index in [0.717, 1.165) is 16.9 Å². The van der Waals surface area contributed by atoms with E-state index in [-0.39, 0.29) is 17.0 Å². The maximum Gasteiger partial charge on any atom is 0.244 e. The van der Waals surface area contributed by atoms with E-state index >= 15 is 0 Å². The van der Waals surface area contributed by atoms with Crippen LogP contribution in [-0.2, 0) is 14.8 Å². The van der Waals surface area contributed by atoms with Gasteiger partial charge in [-0.05, 0) is 51.8 Å². The molecule has 9 heteroatoms. The molecule has 0 saturated carbocycles. The van der Waals surface area contributed by atoms with Gasteiger partial charge in [-0.15, -0.1) is 0 Å². The van der Waals surface area contributed by atoms with E-state index < -0.39 is 16.1 Å². The first-order chi connectivity index (χ1) is 17.9. The molecule has 2 aliphatic rings. The van der Waals surface area contributed by atoms with Crippen LogP contribution >= 0.6 is 41.9 Å². The van der Waals surface area contributed by atoms with Crippen molar-refractivity contribution in [3.05, 3.63) is 112 Å². The molecule has 1 fully saturated rings. The lowest BCUT2D eigenvalue weighted by atomic mass is 9.84. The Labute approximate surface area is 240 Å². The third-order valence-corrected chi connectivity index (χ3v) is 11.2. The Balaban J connectivity index is 1.69. The van der Waals surface area contributed by atoms with Gasteiger partial charge in [0.1, 0.15) is 0 Å². The smallest absolute Gasteiger partial charge is 0.244 e. The topological polar surface area (TPSA) is 49.9 Å². The van der Waals surface area contributed by atoms with Gasteiger partial charge in [0.05, 0.1) is 29.3 Å². The van der Waals surface area contributed by atoms with E-state index in [2.05, 4.69) is 37.6 Å². The van der Waals surface area contributed by atoms with Crippen molar-refractivity contribution in [3.8, 4) is 0 Å². The minimum atomic E-state index is -3.89. The minimum absolute atomic E-state index is 0.0475. The molecule has 0 amide bonds. The maximum atomic E-state index is 14.4. The van der Waals surface area contributed by atoms with Gasteiger partial charge >= 0.3 is 0 Å². The van der Waals surface area contributed by atoms with E-state index in [1.54, 1.807) is 37.7 Å². The minimum Gasteiger partial charge on any atom is -0.498 e.